The van der Waals surface area contributed by atoms with Crippen LogP contribution in [0.5, 0.6) is 0 Å². The fraction of sp³-hybridized carbons (Fsp3) is 0.846. The van der Waals surface area contributed by atoms with E-state index in [4.69, 9.17) is 5.11 Å². The second kappa shape index (κ2) is 4.67. The van der Waals surface area contributed by atoms with Gasteiger partial charge in [0, 0.05) is 19.0 Å². The molecule has 4 atom stereocenters. The zero-order valence-electron chi connectivity index (χ0n) is 10.6. The van der Waals surface area contributed by atoms with Crippen LogP contribution in [0, 0.1) is 17.8 Å². The van der Waals surface area contributed by atoms with Crippen LogP contribution < -0.4 is 0 Å². The van der Waals surface area contributed by atoms with Crippen molar-refractivity contribution in [3.05, 3.63) is 0 Å². The molecule has 17 heavy (non-hydrogen) atoms. The second-order valence-corrected chi connectivity index (χ2v) is 5.71. The third kappa shape index (κ3) is 2.45. The van der Waals surface area contributed by atoms with Gasteiger partial charge in [0.1, 0.15) is 0 Å². The number of carboxylic acids is 1. The Balaban J connectivity index is 1.99. The number of carbonyl (C=O) groups is 2. The Kier molecular flexibility index (Phi) is 3.40. The van der Waals surface area contributed by atoms with E-state index in [1.807, 2.05) is 4.90 Å². The van der Waals surface area contributed by atoms with Crippen molar-refractivity contribution in [2.24, 2.45) is 17.8 Å². The van der Waals surface area contributed by atoms with Crippen molar-refractivity contribution in [1.82, 2.24) is 4.90 Å². The third-order valence-corrected chi connectivity index (χ3v) is 4.52. The first kappa shape index (κ1) is 12.4. The molecule has 0 spiro atoms. The lowest BCUT2D eigenvalue weighted by Crippen LogP contribution is -2.41. The van der Waals surface area contributed by atoms with Gasteiger partial charge in [-0.25, -0.2) is 0 Å². The van der Waals surface area contributed by atoms with Crippen LogP contribution in [0.3, 0.4) is 0 Å². The van der Waals surface area contributed by atoms with Crippen LogP contribution in [0.4, 0.5) is 0 Å². The lowest BCUT2D eigenvalue weighted by atomic mass is 9.78. The van der Waals surface area contributed by atoms with Crippen molar-refractivity contribution in [2.75, 3.05) is 6.54 Å². The Hall–Kier alpha value is -1.06. The number of likely N-dealkylation sites (tertiary alicyclic amines) is 1. The molecule has 1 N–H and O–H groups in total. The Labute approximate surface area is 102 Å². The highest BCUT2D eigenvalue weighted by Crippen LogP contribution is 2.34. The van der Waals surface area contributed by atoms with Gasteiger partial charge in [0.15, 0.2) is 0 Å². The molecule has 0 aromatic heterocycles. The lowest BCUT2D eigenvalue weighted by Gasteiger charge is -2.37. The van der Waals surface area contributed by atoms with Gasteiger partial charge in [-0.3, -0.25) is 9.59 Å². The smallest absolute Gasteiger partial charge is 0.308 e. The lowest BCUT2D eigenvalue weighted by molar-refractivity contribution is -0.141. The topological polar surface area (TPSA) is 57.6 Å². The van der Waals surface area contributed by atoms with Gasteiger partial charge in [0.05, 0.1) is 5.92 Å². The maximum Gasteiger partial charge on any atom is 0.308 e. The molecular weight excluding hydrogens is 218 g/mol. The molecule has 4 nitrogen and oxygen atoms in total. The first-order chi connectivity index (χ1) is 7.99. The Morgan fingerprint density at radius 2 is 2.00 bits per heavy atom. The molecule has 96 valence electrons. The minimum atomic E-state index is -0.835. The van der Waals surface area contributed by atoms with Crippen LogP contribution in [-0.4, -0.2) is 34.5 Å². The zero-order valence-corrected chi connectivity index (χ0v) is 10.6. The molecule has 0 radical (unpaired) electrons. The van der Waals surface area contributed by atoms with Gasteiger partial charge in [0.25, 0.3) is 0 Å². The average molecular weight is 239 g/mol. The summed E-state index contributed by atoms with van der Waals surface area (Å²) < 4.78 is 0. The van der Waals surface area contributed by atoms with Crippen LogP contribution in [-0.2, 0) is 9.59 Å². The van der Waals surface area contributed by atoms with Gasteiger partial charge in [-0.05, 0) is 31.1 Å². The summed E-state index contributed by atoms with van der Waals surface area (Å²) in [6.45, 7) is 4.90. The molecule has 0 aromatic rings. The van der Waals surface area contributed by atoms with Gasteiger partial charge in [-0.2, -0.15) is 0 Å². The average Bonchev–Trinajstić information content (AvgIpc) is 2.65. The highest BCUT2D eigenvalue weighted by Gasteiger charge is 2.39. The molecule has 2 aliphatic rings. The molecule has 1 saturated carbocycles. The minimum Gasteiger partial charge on any atom is -0.481 e. The minimum absolute atomic E-state index is 0.0316. The molecule has 2 fully saturated rings. The molecule has 4 heteroatoms. The van der Waals surface area contributed by atoms with Crippen molar-refractivity contribution < 1.29 is 14.7 Å². The predicted octanol–water partition coefficient (Wildman–Crippen LogP) is 1.74. The van der Waals surface area contributed by atoms with Crippen molar-refractivity contribution >= 4 is 11.9 Å². The van der Waals surface area contributed by atoms with Gasteiger partial charge in [-0.15, -0.1) is 0 Å². The summed E-state index contributed by atoms with van der Waals surface area (Å²) >= 11 is 0. The normalized spacial score (nSPS) is 38.5. The summed E-state index contributed by atoms with van der Waals surface area (Å²) in [7, 11) is 0. The van der Waals surface area contributed by atoms with Crippen LogP contribution in [0.25, 0.3) is 0 Å². The van der Waals surface area contributed by atoms with Gasteiger partial charge in [0.2, 0.25) is 5.91 Å². The van der Waals surface area contributed by atoms with Crippen molar-refractivity contribution in [2.45, 2.75) is 45.6 Å². The second-order valence-electron chi connectivity index (χ2n) is 5.71. The highest BCUT2D eigenvalue weighted by atomic mass is 16.4. The summed E-state index contributed by atoms with van der Waals surface area (Å²) in [4.78, 5) is 24.6. The van der Waals surface area contributed by atoms with Crippen molar-refractivity contribution in [3.8, 4) is 0 Å². The number of aliphatic carboxylic acids is 1. The standard InChI is InChI=1S/C13H21NO3/c1-8-3-4-11(5-9(8)2)14-7-10(13(16)17)6-12(14)15/h8-11H,3-7H2,1-2H3,(H,16,17). The fourth-order valence-corrected chi connectivity index (χ4v) is 3.05. The van der Waals surface area contributed by atoms with E-state index in [0.717, 1.165) is 25.2 Å². The summed E-state index contributed by atoms with van der Waals surface area (Å²) in [6.07, 6.45) is 3.39. The summed E-state index contributed by atoms with van der Waals surface area (Å²) in [5.74, 6) is 0.0593. The number of rotatable bonds is 2. The van der Waals surface area contributed by atoms with Crippen molar-refractivity contribution in [1.29, 1.82) is 0 Å². The van der Waals surface area contributed by atoms with Crippen LogP contribution in [0.15, 0.2) is 0 Å². The van der Waals surface area contributed by atoms with E-state index in [1.54, 1.807) is 0 Å². The largest absolute Gasteiger partial charge is 0.481 e. The molecule has 1 aliphatic carbocycles. The van der Waals surface area contributed by atoms with E-state index < -0.39 is 11.9 Å². The molecule has 1 heterocycles. The number of carbonyl (C=O) groups excluding carboxylic acids is 1. The first-order valence-electron chi connectivity index (χ1n) is 6.51. The molecule has 0 aromatic carbocycles. The summed E-state index contributed by atoms with van der Waals surface area (Å²) in [5, 5.41) is 8.96. The molecule has 1 aliphatic heterocycles. The number of nitrogens with zero attached hydrogens (tertiary/aromatic N) is 1. The number of hydrogen-bond donors (Lipinski definition) is 1. The number of carboxylic acid groups (broad SMARTS) is 1. The van der Waals surface area contributed by atoms with E-state index in [-0.39, 0.29) is 18.4 Å². The molecule has 0 bridgehead atoms. The number of hydrogen-bond acceptors (Lipinski definition) is 2. The van der Waals surface area contributed by atoms with Gasteiger partial charge in [-0.1, -0.05) is 13.8 Å². The van der Waals surface area contributed by atoms with Crippen LogP contribution in [0.1, 0.15) is 39.5 Å². The third-order valence-electron chi connectivity index (χ3n) is 4.52. The molecule has 2 rings (SSSR count). The highest BCUT2D eigenvalue weighted by molar-refractivity contribution is 5.86. The van der Waals surface area contributed by atoms with Crippen LogP contribution in [0.2, 0.25) is 0 Å². The quantitative estimate of drug-likeness (QED) is 0.798. The first-order valence-corrected chi connectivity index (χ1v) is 6.51. The zero-order chi connectivity index (χ0) is 12.6. The maximum atomic E-state index is 11.8. The monoisotopic (exact) mass is 239 g/mol. The Bertz CT molecular complexity index is 329. The van der Waals surface area contributed by atoms with E-state index >= 15 is 0 Å². The van der Waals surface area contributed by atoms with E-state index in [0.29, 0.717) is 12.5 Å². The Morgan fingerprint density at radius 3 is 2.53 bits per heavy atom. The molecule has 1 saturated heterocycles. The van der Waals surface area contributed by atoms with E-state index in [1.165, 1.54) is 0 Å². The van der Waals surface area contributed by atoms with E-state index in [9.17, 15) is 9.59 Å². The van der Waals surface area contributed by atoms with Gasteiger partial charge < -0.3 is 10.0 Å². The molecule has 4 unspecified atom stereocenters. The molecule has 1 amide bonds. The summed E-state index contributed by atoms with van der Waals surface area (Å²) in [5.41, 5.74) is 0. The fourth-order valence-electron chi connectivity index (χ4n) is 3.05. The van der Waals surface area contributed by atoms with Crippen LogP contribution >= 0.6 is 0 Å². The van der Waals surface area contributed by atoms with E-state index in [2.05, 4.69) is 13.8 Å². The molecular formula is C13H21NO3. The maximum absolute atomic E-state index is 11.8. The Morgan fingerprint density at radius 1 is 1.29 bits per heavy atom. The van der Waals surface area contributed by atoms with Gasteiger partial charge >= 0.3 is 5.97 Å². The summed E-state index contributed by atoms with van der Waals surface area (Å²) in [6, 6.07) is 0.276. The van der Waals surface area contributed by atoms with Crippen molar-refractivity contribution in [3.63, 3.8) is 0 Å². The number of amides is 1. The predicted molar refractivity (Wildman–Crippen MR) is 63.4 cm³/mol. The SMILES string of the molecule is CC1CCC(N2CC(C(=O)O)CC2=O)CC1C.